The maximum absolute atomic E-state index is 13.3. The largest absolute Gasteiger partial charge is 0.310 e. The van der Waals surface area contributed by atoms with Gasteiger partial charge in [-0.05, 0) is 19.0 Å². The highest BCUT2D eigenvalue weighted by atomic mass is 35.5. The average Bonchev–Trinajstić information content (AvgIpc) is 1.95. The van der Waals surface area contributed by atoms with Gasteiger partial charge in [0, 0.05) is 11.6 Å². The molecule has 1 saturated heterocycles. The van der Waals surface area contributed by atoms with E-state index in [-0.39, 0.29) is 16.9 Å². The number of halogens is 2. The zero-order valence-corrected chi connectivity index (χ0v) is 7.24. The van der Waals surface area contributed by atoms with E-state index in [1.807, 2.05) is 0 Å². The molecule has 0 amide bonds. The lowest BCUT2D eigenvalue weighted by Gasteiger charge is -2.28. The molecule has 0 aromatic heterocycles. The van der Waals surface area contributed by atoms with Crippen molar-refractivity contribution in [3.63, 3.8) is 0 Å². The SMILES string of the molecule is Fc1c(Cl)cccc1[C@@H]1CCN1. The summed E-state index contributed by atoms with van der Waals surface area (Å²) in [5, 5.41) is 3.34. The molecule has 2 rings (SSSR count). The van der Waals surface area contributed by atoms with Crippen molar-refractivity contribution in [3.05, 3.63) is 34.6 Å². The third kappa shape index (κ3) is 1.21. The normalized spacial score (nSPS) is 22.0. The number of benzene rings is 1. The van der Waals surface area contributed by atoms with Crippen molar-refractivity contribution in [2.75, 3.05) is 6.54 Å². The van der Waals surface area contributed by atoms with Crippen molar-refractivity contribution in [2.45, 2.75) is 12.5 Å². The Balaban J connectivity index is 2.36. The average molecular weight is 186 g/mol. The van der Waals surface area contributed by atoms with Gasteiger partial charge in [0.25, 0.3) is 0 Å². The van der Waals surface area contributed by atoms with Crippen LogP contribution in [-0.2, 0) is 0 Å². The van der Waals surface area contributed by atoms with Crippen LogP contribution in [0, 0.1) is 5.82 Å². The molecule has 1 atom stereocenters. The maximum Gasteiger partial charge on any atom is 0.146 e. The first kappa shape index (κ1) is 8.02. The summed E-state index contributed by atoms with van der Waals surface area (Å²) in [5.41, 5.74) is 0.689. The minimum Gasteiger partial charge on any atom is -0.310 e. The Hall–Kier alpha value is -0.600. The lowest BCUT2D eigenvalue weighted by molar-refractivity contribution is 0.370. The van der Waals surface area contributed by atoms with Gasteiger partial charge < -0.3 is 5.32 Å². The molecule has 0 unspecified atom stereocenters. The van der Waals surface area contributed by atoms with E-state index >= 15 is 0 Å². The smallest absolute Gasteiger partial charge is 0.146 e. The standard InChI is InChI=1S/C9H9ClFN/c10-7-3-1-2-6(9(7)11)8-4-5-12-8/h1-3,8,12H,4-5H2/t8-/m0/s1. The first-order valence-corrected chi connectivity index (χ1v) is 4.34. The number of hydrogen-bond acceptors (Lipinski definition) is 1. The maximum atomic E-state index is 13.3. The third-order valence-corrected chi connectivity index (χ3v) is 2.47. The highest BCUT2D eigenvalue weighted by Crippen LogP contribution is 2.28. The Bertz CT molecular complexity index is 297. The Morgan fingerprint density at radius 1 is 1.50 bits per heavy atom. The van der Waals surface area contributed by atoms with Gasteiger partial charge in [0.05, 0.1) is 5.02 Å². The topological polar surface area (TPSA) is 12.0 Å². The molecular weight excluding hydrogens is 177 g/mol. The van der Waals surface area contributed by atoms with Gasteiger partial charge in [0.1, 0.15) is 5.82 Å². The summed E-state index contributed by atoms with van der Waals surface area (Å²) in [6, 6.07) is 5.29. The molecule has 1 aliphatic heterocycles. The van der Waals surface area contributed by atoms with E-state index in [1.165, 1.54) is 0 Å². The first-order valence-electron chi connectivity index (χ1n) is 3.96. The van der Waals surface area contributed by atoms with E-state index in [0.717, 1.165) is 13.0 Å². The monoisotopic (exact) mass is 185 g/mol. The Labute approximate surface area is 75.5 Å². The lowest BCUT2D eigenvalue weighted by atomic mass is 9.98. The van der Waals surface area contributed by atoms with Gasteiger partial charge in [0.2, 0.25) is 0 Å². The van der Waals surface area contributed by atoms with Crippen LogP contribution < -0.4 is 5.32 Å². The van der Waals surface area contributed by atoms with Gasteiger partial charge in [-0.15, -0.1) is 0 Å². The predicted molar refractivity (Wildman–Crippen MR) is 46.8 cm³/mol. The molecule has 1 aromatic rings. The fourth-order valence-corrected chi connectivity index (χ4v) is 1.53. The van der Waals surface area contributed by atoms with E-state index in [9.17, 15) is 4.39 Å². The second kappa shape index (κ2) is 3.04. The van der Waals surface area contributed by atoms with Crippen molar-refractivity contribution in [3.8, 4) is 0 Å². The van der Waals surface area contributed by atoms with E-state index < -0.39 is 0 Å². The molecule has 12 heavy (non-hydrogen) atoms. The highest BCUT2D eigenvalue weighted by Gasteiger charge is 2.22. The van der Waals surface area contributed by atoms with Crippen molar-refractivity contribution < 1.29 is 4.39 Å². The van der Waals surface area contributed by atoms with Gasteiger partial charge in [-0.1, -0.05) is 23.7 Å². The summed E-state index contributed by atoms with van der Waals surface area (Å²) in [5.74, 6) is -0.281. The molecule has 0 spiro atoms. The van der Waals surface area contributed by atoms with Crippen LogP contribution in [0.1, 0.15) is 18.0 Å². The minimum atomic E-state index is -0.281. The quantitative estimate of drug-likeness (QED) is 0.709. The van der Waals surface area contributed by atoms with Crippen LogP contribution in [0.15, 0.2) is 18.2 Å². The van der Waals surface area contributed by atoms with Crippen molar-refractivity contribution in [2.24, 2.45) is 0 Å². The second-order valence-corrected chi connectivity index (χ2v) is 3.35. The summed E-state index contributed by atoms with van der Waals surface area (Å²) < 4.78 is 13.3. The van der Waals surface area contributed by atoms with Crippen molar-refractivity contribution >= 4 is 11.6 Å². The molecule has 0 saturated carbocycles. The number of hydrogen-bond donors (Lipinski definition) is 1. The second-order valence-electron chi connectivity index (χ2n) is 2.94. The molecule has 1 aliphatic rings. The Morgan fingerprint density at radius 3 is 2.83 bits per heavy atom. The van der Waals surface area contributed by atoms with Crippen molar-refractivity contribution in [1.82, 2.24) is 5.32 Å². The zero-order chi connectivity index (χ0) is 8.55. The molecule has 1 N–H and O–H groups in total. The van der Waals surface area contributed by atoms with Crippen LogP contribution >= 0.6 is 11.6 Å². The van der Waals surface area contributed by atoms with Crippen LogP contribution in [-0.4, -0.2) is 6.54 Å². The van der Waals surface area contributed by atoms with Crippen LogP contribution in [0.2, 0.25) is 5.02 Å². The summed E-state index contributed by atoms with van der Waals surface area (Å²) in [6.07, 6.45) is 0.997. The molecule has 1 aromatic carbocycles. The Morgan fingerprint density at radius 2 is 2.25 bits per heavy atom. The molecule has 3 heteroatoms. The van der Waals surface area contributed by atoms with E-state index in [2.05, 4.69) is 5.32 Å². The van der Waals surface area contributed by atoms with Gasteiger partial charge in [0.15, 0.2) is 0 Å². The van der Waals surface area contributed by atoms with Crippen LogP contribution in [0.3, 0.4) is 0 Å². The highest BCUT2D eigenvalue weighted by molar-refractivity contribution is 6.30. The van der Waals surface area contributed by atoms with E-state index in [1.54, 1.807) is 18.2 Å². The molecule has 1 nitrogen and oxygen atoms in total. The fourth-order valence-electron chi connectivity index (χ4n) is 1.34. The van der Waals surface area contributed by atoms with Crippen molar-refractivity contribution in [1.29, 1.82) is 0 Å². The Kier molecular flexibility index (Phi) is 2.03. The molecule has 0 radical (unpaired) electrons. The van der Waals surface area contributed by atoms with Crippen LogP contribution in [0.4, 0.5) is 4.39 Å². The van der Waals surface area contributed by atoms with E-state index in [4.69, 9.17) is 11.6 Å². The molecule has 64 valence electrons. The lowest BCUT2D eigenvalue weighted by Crippen LogP contribution is -2.35. The molecular formula is C9H9ClFN. The summed E-state index contributed by atoms with van der Waals surface area (Å²) in [6.45, 7) is 0.969. The fraction of sp³-hybridized carbons (Fsp3) is 0.333. The van der Waals surface area contributed by atoms with Gasteiger partial charge >= 0.3 is 0 Å². The predicted octanol–water partition coefficient (Wildman–Crippen LogP) is 2.51. The van der Waals surface area contributed by atoms with Crippen LogP contribution in [0.5, 0.6) is 0 Å². The molecule has 0 aliphatic carbocycles. The summed E-state index contributed by atoms with van der Waals surface area (Å²) >= 11 is 5.64. The van der Waals surface area contributed by atoms with Gasteiger partial charge in [-0.3, -0.25) is 0 Å². The van der Waals surface area contributed by atoms with E-state index in [0.29, 0.717) is 5.56 Å². The number of rotatable bonds is 1. The molecule has 0 bridgehead atoms. The molecule has 1 fully saturated rings. The van der Waals surface area contributed by atoms with Gasteiger partial charge in [-0.2, -0.15) is 0 Å². The minimum absolute atomic E-state index is 0.170. The van der Waals surface area contributed by atoms with Gasteiger partial charge in [-0.25, -0.2) is 4.39 Å². The summed E-state index contributed by atoms with van der Waals surface area (Å²) in [7, 11) is 0. The zero-order valence-electron chi connectivity index (χ0n) is 6.48. The number of nitrogens with one attached hydrogen (secondary N) is 1. The third-order valence-electron chi connectivity index (χ3n) is 2.18. The summed E-state index contributed by atoms with van der Waals surface area (Å²) in [4.78, 5) is 0. The molecule has 1 heterocycles. The van der Waals surface area contributed by atoms with Crippen LogP contribution in [0.25, 0.3) is 0 Å². The first-order chi connectivity index (χ1) is 5.79.